The molecule has 176 valence electrons. The van der Waals surface area contributed by atoms with Crippen molar-refractivity contribution in [2.45, 2.75) is 56.7 Å². The van der Waals surface area contributed by atoms with Crippen LogP contribution >= 0.6 is 0 Å². The summed E-state index contributed by atoms with van der Waals surface area (Å²) in [6, 6.07) is 16.2. The van der Waals surface area contributed by atoms with Crippen LogP contribution in [0.4, 0.5) is 11.4 Å². The van der Waals surface area contributed by atoms with E-state index in [1.807, 2.05) is 32.9 Å². The Bertz CT molecular complexity index is 1350. The SMILES string of the molecule is Cc1cc(C)c(NS(=O)(=O)c2ccc(NS(=O)(=O)c3ccc(C(C)(C)C)cc3)cc2)c(C)c1. The topological polar surface area (TPSA) is 92.3 Å². The number of hydrogen-bond donors (Lipinski definition) is 2. The second kappa shape index (κ2) is 8.83. The van der Waals surface area contributed by atoms with E-state index in [0.717, 1.165) is 22.3 Å². The zero-order valence-electron chi connectivity index (χ0n) is 19.7. The van der Waals surface area contributed by atoms with Gasteiger partial charge in [0.25, 0.3) is 20.0 Å². The van der Waals surface area contributed by atoms with Crippen molar-refractivity contribution in [2.75, 3.05) is 9.44 Å². The highest BCUT2D eigenvalue weighted by Crippen LogP contribution is 2.27. The van der Waals surface area contributed by atoms with Gasteiger partial charge in [0.15, 0.2) is 0 Å². The molecular formula is C25H30N2O4S2. The molecule has 8 heteroatoms. The molecule has 0 unspecified atom stereocenters. The van der Waals surface area contributed by atoms with Crippen molar-refractivity contribution >= 4 is 31.4 Å². The van der Waals surface area contributed by atoms with Gasteiger partial charge in [0, 0.05) is 5.69 Å². The summed E-state index contributed by atoms with van der Waals surface area (Å²) in [5.74, 6) is 0. The van der Waals surface area contributed by atoms with Gasteiger partial charge < -0.3 is 0 Å². The first-order valence-corrected chi connectivity index (χ1v) is 13.5. The van der Waals surface area contributed by atoms with Crippen molar-refractivity contribution in [3.63, 3.8) is 0 Å². The van der Waals surface area contributed by atoms with Gasteiger partial charge in [-0.2, -0.15) is 0 Å². The Labute approximate surface area is 197 Å². The van der Waals surface area contributed by atoms with E-state index in [9.17, 15) is 16.8 Å². The van der Waals surface area contributed by atoms with Gasteiger partial charge in [-0.05, 0) is 79.3 Å². The van der Waals surface area contributed by atoms with Crippen molar-refractivity contribution in [2.24, 2.45) is 0 Å². The molecule has 0 saturated heterocycles. The molecule has 0 aliphatic carbocycles. The highest BCUT2D eigenvalue weighted by atomic mass is 32.2. The van der Waals surface area contributed by atoms with E-state index in [0.29, 0.717) is 5.69 Å². The first-order chi connectivity index (χ1) is 15.2. The molecule has 0 fully saturated rings. The number of aryl methyl sites for hydroxylation is 3. The van der Waals surface area contributed by atoms with E-state index >= 15 is 0 Å². The summed E-state index contributed by atoms with van der Waals surface area (Å²) < 4.78 is 56.4. The summed E-state index contributed by atoms with van der Waals surface area (Å²) in [7, 11) is -7.63. The Balaban J connectivity index is 1.80. The van der Waals surface area contributed by atoms with Crippen LogP contribution in [0.1, 0.15) is 43.0 Å². The van der Waals surface area contributed by atoms with E-state index in [1.165, 1.54) is 24.3 Å². The molecule has 0 bridgehead atoms. The maximum Gasteiger partial charge on any atom is 0.261 e. The normalized spacial score (nSPS) is 12.4. The highest BCUT2D eigenvalue weighted by Gasteiger charge is 2.20. The fourth-order valence-corrected chi connectivity index (χ4v) is 5.85. The van der Waals surface area contributed by atoms with E-state index in [2.05, 4.69) is 30.2 Å². The van der Waals surface area contributed by atoms with Crippen molar-refractivity contribution < 1.29 is 16.8 Å². The number of benzene rings is 3. The molecule has 0 aromatic heterocycles. The summed E-state index contributed by atoms with van der Waals surface area (Å²) in [5.41, 5.74) is 4.48. The summed E-state index contributed by atoms with van der Waals surface area (Å²) in [5, 5.41) is 0. The Morgan fingerprint density at radius 3 is 1.52 bits per heavy atom. The standard InChI is InChI=1S/C25H30N2O4S2/c1-17-15-18(2)24(19(3)16-17)27-33(30,31)23-13-9-21(10-14-23)26-32(28,29)22-11-7-20(8-12-22)25(4,5)6/h7-16,26-27H,1-6H3. The van der Waals surface area contributed by atoms with Crippen LogP contribution in [0.5, 0.6) is 0 Å². The molecule has 0 amide bonds. The monoisotopic (exact) mass is 486 g/mol. The summed E-state index contributed by atoms with van der Waals surface area (Å²) in [6.45, 7) is 11.8. The average Bonchev–Trinajstić information content (AvgIpc) is 2.70. The number of sulfonamides is 2. The van der Waals surface area contributed by atoms with Crippen molar-refractivity contribution in [1.29, 1.82) is 0 Å². The third-order valence-electron chi connectivity index (χ3n) is 5.36. The molecular weight excluding hydrogens is 456 g/mol. The molecule has 3 aromatic rings. The lowest BCUT2D eigenvalue weighted by molar-refractivity contribution is 0.587. The Morgan fingerprint density at radius 1 is 0.636 bits per heavy atom. The van der Waals surface area contributed by atoms with E-state index in [1.54, 1.807) is 24.3 Å². The van der Waals surface area contributed by atoms with Crippen LogP contribution in [0.25, 0.3) is 0 Å². The van der Waals surface area contributed by atoms with Gasteiger partial charge in [0.2, 0.25) is 0 Å². The minimum Gasteiger partial charge on any atom is -0.280 e. The summed E-state index contributed by atoms with van der Waals surface area (Å²) in [6.07, 6.45) is 0. The first kappa shape index (κ1) is 24.8. The quantitative estimate of drug-likeness (QED) is 0.480. The average molecular weight is 487 g/mol. The molecule has 2 N–H and O–H groups in total. The number of rotatable bonds is 6. The van der Waals surface area contributed by atoms with Gasteiger partial charge in [0.1, 0.15) is 0 Å². The van der Waals surface area contributed by atoms with Crippen molar-refractivity contribution in [3.8, 4) is 0 Å². The molecule has 0 radical (unpaired) electrons. The van der Waals surface area contributed by atoms with Crippen LogP contribution in [0, 0.1) is 20.8 Å². The van der Waals surface area contributed by atoms with Gasteiger partial charge in [-0.15, -0.1) is 0 Å². The third-order valence-corrected chi connectivity index (χ3v) is 8.12. The fraction of sp³-hybridized carbons (Fsp3) is 0.280. The van der Waals surface area contributed by atoms with E-state index in [-0.39, 0.29) is 20.9 Å². The van der Waals surface area contributed by atoms with Crippen molar-refractivity contribution in [1.82, 2.24) is 0 Å². The van der Waals surface area contributed by atoms with Gasteiger partial charge >= 0.3 is 0 Å². The van der Waals surface area contributed by atoms with Gasteiger partial charge in [-0.3, -0.25) is 9.44 Å². The second-order valence-electron chi connectivity index (χ2n) is 9.28. The zero-order valence-corrected chi connectivity index (χ0v) is 21.4. The lowest BCUT2D eigenvalue weighted by atomic mass is 9.87. The van der Waals surface area contributed by atoms with Crippen LogP contribution < -0.4 is 9.44 Å². The Hall–Kier alpha value is -2.84. The summed E-state index contributed by atoms with van der Waals surface area (Å²) in [4.78, 5) is 0.179. The molecule has 0 aliphatic rings. The molecule has 3 aromatic carbocycles. The van der Waals surface area contributed by atoms with E-state index in [4.69, 9.17) is 0 Å². The lowest BCUT2D eigenvalue weighted by Gasteiger charge is -2.19. The molecule has 0 heterocycles. The minimum absolute atomic E-state index is 0.0411. The number of hydrogen-bond acceptors (Lipinski definition) is 4. The highest BCUT2D eigenvalue weighted by molar-refractivity contribution is 7.93. The molecule has 0 spiro atoms. The predicted octanol–water partition coefficient (Wildman–Crippen LogP) is 5.51. The van der Waals surface area contributed by atoms with Gasteiger partial charge in [-0.25, -0.2) is 16.8 Å². The minimum atomic E-state index is -3.83. The fourth-order valence-electron chi connectivity index (χ4n) is 3.58. The van der Waals surface area contributed by atoms with Crippen molar-refractivity contribution in [3.05, 3.63) is 82.9 Å². The van der Waals surface area contributed by atoms with Crippen LogP contribution in [-0.4, -0.2) is 16.8 Å². The zero-order chi connectivity index (χ0) is 24.6. The smallest absolute Gasteiger partial charge is 0.261 e. The second-order valence-corrected chi connectivity index (χ2v) is 12.6. The van der Waals surface area contributed by atoms with E-state index < -0.39 is 20.0 Å². The van der Waals surface area contributed by atoms with Crippen LogP contribution in [-0.2, 0) is 25.5 Å². The molecule has 0 atom stereocenters. The maximum absolute atomic E-state index is 12.9. The molecule has 6 nitrogen and oxygen atoms in total. The predicted molar refractivity (Wildman–Crippen MR) is 134 cm³/mol. The van der Waals surface area contributed by atoms with Gasteiger partial charge in [-0.1, -0.05) is 50.6 Å². The van der Waals surface area contributed by atoms with Crippen LogP contribution in [0.2, 0.25) is 0 Å². The number of anilines is 2. The molecule has 0 saturated carbocycles. The Morgan fingerprint density at radius 2 is 1.06 bits per heavy atom. The molecule has 33 heavy (non-hydrogen) atoms. The van der Waals surface area contributed by atoms with Gasteiger partial charge in [0.05, 0.1) is 15.5 Å². The summed E-state index contributed by atoms with van der Waals surface area (Å²) >= 11 is 0. The first-order valence-electron chi connectivity index (χ1n) is 10.5. The largest absolute Gasteiger partial charge is 0.280 e. The third kappa shape index (κ3) is 5.75. The lowest BCUT2D eigenvalue weighted by Crippen LogP contribution is -2.16. The van der Waals surface area contributed by atoms with Crippen LogP contribution in [0.15, 0.2) is 70.5 Å². The number of nitrogens with one attached hydrogen (secondary N) is 2. The van der Waals surface area contributed by atoms with Crippen LogP contribution in [0.3, 0.4) is 0 Å². The molecule has 3 rings (SSSR count). The Kier molecular flexibility index (Phi) is 6.64. The molecule has 0 aliphatic heterocycles. The maximum atomic E-state index is 12.9.